The quantitative estimate of drug-likeness (QED) is 0.476. The Hall–Kier alpha value is -1.43. The second-order valence-electron chi connectivity index (χ2n) is 2.08. The van der Waals surface area contributed by atoms with E-state index in [1.807, 2.05) is 36.1 Å². The monoisotopic (exact) mass is 135 g/mol. The van der Waals surface area contributed by atoms with E-state index in [0.717, 1.165) is 5.69 Å². The van der Waals surface area contributed by atoms with E-state index in [9.17, 15) is 0 Å². The van der Waals surface area contributed by atoms with Crippen molar-refractivity contribution in [3.63, 3.8) is 0 Å². The lowest BCUT2D eigenvalue weighted by molar-refractivity contribution is 0.768. The Kier molecular flexibility index (Phi) is 1.96. The average molecular weight is 135 g/mol. The number of hydrogen-bond acceptors (Lipinski definition) is 2. The number of hydrogen-bond donors (Lipinski definition) is 1. The molecule has 0 saturated carbocycles. The first-order chi connectivity index (χ1) is 4.84. The van der Waals surface area contributed by atoms with Gasteiger partial charge in [0.1, 0.15) is 0 Å². The zero-order valence-corrected chi connectivity index (χ0v) is 5.83. The lowest BCUT2D eigenvalue weighted by Crippen LogP contribution is -2.07. The molecule has 3 nitrogen and oxygen atoms in total. The molecule has 0 aliphatic rings. The van der Waals surface area contributed by atoms with E-state index in [4.69, 9.17) is 5.26 Å². The van der Waals surface area contributed by atoms with Gasteiger partial charge in [0.2, 0.25) is 0 Å². The number of nitrogens with one attached hydrogen (secondary N) is 1. The fourth-order valence-corrected chi connectivity index (χ4v) is 0.810. The van der Waals surface area contributed by atoms with E-state index in [1.54, 1.807) is 0 Å². The molecule has 1 aromatic heterocycles. The van der Waals surface area contributed by atoms with Crippen LogP contribution in [0, 0.1) is 11.5 Å². The van der Waals surface area contributed by atoms with Gasteiger partial charge < -0.3 is 9.88 Å². The van der Waals surface area contributed by atoms with Crippen molar-refractivity contribution in [2.75, 3.05) is 0 Å². The van der Waals surface area contributed by atoms with E-state index < -0.39 is 0 Å². The van der Waals surface area contributed by atoms with Crippen LogP contribution in [0.1, 0.15) is 5.69 Å². The molecule has 0 fully saturated rings. The van der Waals surface area contributed by atoms with Gasteiger partial charge in [-0.1, -0.05) is 0 Å². The van der Waals surface area contributed by atoms with Gasteiger partial charge in [-0.3, -0.25) is 0 Å². The first kappa shape index (κ1) is 6.69. The summed E-state index contributed by atoms with van der Waals surface area (Å²) in [6.45, 7) is 0.611. The Bertz CT molecular complexity index is 244. The maximum Gasteiger partial charge on any atom is 0.176 e. The van der Waals surface area contributed by atoms with Crippen molar-refractivity contribution in [3.8, 4) is 6.19 Å². The lowest BCUT2D eigenvalue weighted by atomic mass is 10.4. The van der Waals surface area contributed by atoms with Gasteiger partial charge in [0.15, 0.2) is 6.19 Å². The van der Waals surface area contributed by atoms with Gasteiger partial charge in [-0.15, -0.1) is 0 Å². The van der Waals surface area contributed by atoms with Crippen LogP contribution >= 0.6 is 0 Å². The average Bonchev–Trinajstić information content (AvgIpc) is 2.31. The summed E-state index contributed by atoms with van der Waals surface area (Å²) in [5, 5.41) is 10.8. The molecule has 0 atom stereocenters. The van der Waals surface area contributed by atoms with Crippen LogP contribution in [0.15, 0.2) is 18.3 Å². The summed E-state index contributed by atoms with van der Waals surface area (Å²) in [5.74, 6) is 0. The highest BCUT2D eigenvalue weighted by Gasteiger charge is 1.92. The molecule has 1 N–H and O–H groups in total. The Morgan fingerprint density at radius 1 is 1.80 bits per heavy atom. The molecule has 1 aromatic rings. The van der Waals surface area contributed by atoms with E-state index in [2.05, 4.69) is 5.32 Å². The summed E-state index contributed by atoms with van der Waals surface area (Å²) in [4.78, 5) is 0. The summed E-state index contributed by atoms with van der Waals surface area (Å²) in [6.07, 6.45) is 3.82. The molecule has 0 aliphatic heterocycles. The molecule has 0 bridgehead atoms. The molecule has 0 aromatic carbocycles. The summed E-state index contributed by atoms with van der Waals surface area (Å²) in [7, 11) is 1.95. The number of rotatable bonds is 2. The molecule has 1 heterocycles. The second-order valence-corrected chi connectivity index (χ2v) is 2.08. The van der Waals surface area contributed by atoms with Gasteiger partial charge in [0.25, 0.3) is 0 Å². The summed E-state index contributed by atoms with van der Waals surface area (Å²) < 4.78 is 1.98. The second kappa shape index (κ2) is 2.92. The molecule has 0 unspecified atom stereocenters. The highest BCUT2D eigenvalue weighted by atomic mass is 15.0. The van der Waals surface area contributed by atoms with Crippen LogP contribution in [0.5, 0.6) is 0 Å². The minimum Gasteiger partial charge on any atom is -0.353 e. The molecule has 0 saturated heterocycles. The number of nitriles is 1. The van der Waals surface area contributed by atoms with E-state index in [-0.39, 0.29) is 0 Å². The van der Waals surface area contributed by atoms with Crippen molar-refractivity contribution >= 4 is 0 Å². The molecule has 0 radical (unpaired) electrons. The minimum absolute atomic E-state index is 0.611. The van der Waals surface area contributed by atoms with Crippen LogP contribution in [0.4, 0.5) is 0 Å². The smallest absolute Gasteiger partial charge is 0.176 e. The zero-order chi connectivity index (χ0) is 7.40. The first-order valence-electron chi connectivity index (χ1n) is 3.07. The van der Waals surface area contributed by atoms with Crippen LogP contribution in [0.25, 0.3) is 0 Å². The summed E-state index contributed by atoms with van der Waals surface area (Å²) >= 11 is 0. The fourth-order valence-electron chi connectivity index (χ4n) is 0.810. The van der Waals surface area contributed by atoms with Crippen LogP contribution < -0.4 is 5.32 Å². The van der Waals surface area contributed by atoms with E-state index in [1.165, 1.54) is 0 Å². The number of aromatic nitrogens is 1. The van der Waals surface area contributed by atoms with Gasteiger partial charge in [-0.05, 0) is 12.1 Å². The Balaban J connectivity index is 2.59. The summed E-state index contributed by atoms with van der Waals surface area (Å²) in [5.41, 5.74) is 1.11. The highest BCUT2D eigenvalue weighted by Crippen LogP contribution is 1.97. The molecule has 52 valence electrons. The molecule has 3 heteroatoms. The third-order valence-electron chi connectivity index (χ3n) is 1.40. The van der Waals surface area contributed by atoms with Crippen molar-refractivity contribution in [2.24, 2.45) is 7.05 Å². The van der Waals surface area contributed by atoms with Gasteiger partial charge in [-0.2, -0.15) is 5.26 Å². The Morgan fingerprint density at radius 2 is 2.60 bits per heavy atom. The maximum atomic E-state index is 8.19. The SMILES string of the molecule is Cn1cccc1CNC#N. The van der Waals surface area contributed by atoms with Crippen LogP contribution in [0.3, 0.4) is 0 Å². The minimum atomic E-state index is 0.611. The topological polar surface area (TPSA) is 40.8 Å². The van der Waals surface area contributed by atoms with Crippen molar-refractivity contribution in [3.05, 3.63) is 24.0 Å². The van der Waals surface area contributed by atoms with Crippen molar-refractivity contribution in [2.45, 2.75) is 6.54 Å². The number of aryl methyl sites for hydroxylation is 1. The normalized spacial score (nSPS) is 8.80. The van der Waals surface area contributed by atoms with Crippen LogP contribution in [0.2, 0.25) is 0 Å². The fraction of sp³-hybridized carbons (Fsp3) is 0.286. The summed E-state index contributed by atoms with van der Waals surface area (Å²) in [6, 6.07) is 3.93. The van der Waals surface area contributed by atoms with Crippen molar-refractivity contribution in [1.29, 1.82) is 5.26 Å². The zero-order valence-electron chi connectivity index (χ0n) is 5.83. The lowest BCUT2D eigenvalue weighted by Gasteiger charge is -1.98. The molecular weight excluding hydrogens is 126 g/mol. The predicted octanol–water partition coefficient (Wildman–Crippen LogP) is 0.596. The van der Waals surface area contributed by atoms with Gasteiger partial charge in [0, 0.05) is 18.9 Å². The third kappa shape index (κ3) is 1.29. The van der Waals surface area contributed by atoms with Gasteiger partial charge in [0.05, 0.1) is 6.54 Å². The van der Waals surface area contributed by atoms with E-state index >= 15 is 0 Å². The van der Waals surface area contributed by atoms with Crippen molar-refractivity contribution in [1.82, 2.24) is 9.88 Å². The largest absolute Gasteiger partial charge is 0.353 e. The van der Waals surface area contributed by atoms with Gasteiger partial charge >= 0.3 is 0 Å². The molecule has 0 aliphatic carbocycles. The molecule has 1 rings (SSSR count). The van der Waals surface area contributed by atoms with Crippen LogP contribution in [-0.2, 0) is 13.6 Å². The molecule has 0 spiro atoms. The Morgan fingerprint density at radius 3 is 3.10 bits per heavy atom. The standard InChI is InChI=1S/C7H9N3/c1-10-4-2-3-7(10)5-9-6-8/h2-4,9H,5H2,1H3. The number of nitrogens with zero attached hydrogens (tertiary/aromatic N) is 2. The Labute approximate surface area is 59.9 Å². The molecule has 0 amide bonds. The molecular formula is C7H9N3. The van der Waals surface area contributed by atoms with Crippen LogP contribution in [-0.4, -0.2) is 4.57 Å². The highest BCUT2D eigenvalue weighted by molar-refractivity contribution is 5.06. The first-order valence-corrected chi connectivity index (χ1v) is 3.07. The third-order valence-corrected chi connectivity index (χ3v) is 1.40. The maximum absolute atomic E-state index is 8.19. The predicted molar refractivity (Wildman–Crippen MR) is 37.9 cm³/mol. The molecule has 10 heavy (non-hydrogen) atoms. The van der Waals surface area contributed by atoms with E-state index in [0.29, 0.717) is 6.54 Å². The van der Waals surface area contributed by atoms with Gasteiger partial charge in [-0.25, -0.2) is 0 Å². The van der Waals surface area contributed by atoms with Crippen molar-refractivity contribution < 1.29 is 0 Å².